The summed E-state index contributed by atoms with van der Waals surface area (Å²) in [6, 6.07) is 18.2. The molecule has 1 atom stereocenters. The van der Waals surface area contributed by atoms with Gasteiger partial charge in [-0.1, -0.05) is 60.7 Å². The van der Waals surface area contributed by atoms with Crippen LogP contribution in [0.3, 0.4) is 0 Å². The maximum absolute atomic E-state index is 12.1. The molecule has 0 heterocycles. The first-order valence-electron chi connectivity index (χ1n) is 6.70. The molecule has 0 spiro atoms. The minimum absolute atomic E-state index is 0.211. The quantitative estimate of drug-likeness (QED) is 0.478. The lowest BCUT2D eigenvalue weighted by atomic mass is 10.1. The number of benzene rings is 2. The second-order valence-electron chi connectivity index (χ2n) is 4.55. The summed E-state index contributed by atoms with van der Waals surface area (Å²) < 4.78 is 5.11. The Balaban J connectivity index is 1.93. The van der Waals surface area contributed by atoms with Gasteiger partial charge >= 0.3 is 5.97 Å². The molecule has 2 aromatic carbocycles. The van der Waals surface area contributed by atoms with Gasteiger partial charge in [-0.2, -0.15) is 0 Å². The van der Waals surface area contributed by atoms with Crippen molar-refractivity contribution in [2.75, 3.05) is 0 Å². The normalized spacial score (nSPS) is 12.0. The highest BCUT2D eigenvalue weighted by molar-refractivity contribution is 6.00. The van der Waals surface area contributed by atoms with Crippen molar-refractivity contribution < 1.29 is 14.3 Å². The Bertz CT molecular complexity index is 630. The lowest BCUT2D eigenvalue weighted by Crippen LogP contribution is -2.23. The molecule has 0 fully saturated rings. The first-order valence-corrected chi connectivity index (χ1v) is 6.70. The van der Waals surface area contributed by atoms with E-state index in [0.29, 0.717) is 5.56 Å². The minimum atomic E-state index is -0.805. The van der Waals surface area contributed by atoms with Gasteiger partial charge in [-0.25, -0.2) is 4.79 Å². The van der Waals surface area contributed by atoms with Crippen molar-refractivity contribution in [2.45, 2.75) is 13.0 Å². The Hall–Kier alpha value is -2.68. The number of hydrogen-bond acceptors (Lipinski definition) is 3. The number of carbonyl (C=O) groups is 2. The molecular weight excluding hydrogens is 264 g/mol. The van der Waals surface area contributed by atoms with Crippen molar-refractivity contribution in [1.82, 2.24) is 0 Å². The van der Waals surface area contributed by atoms with Crippen LogP contribution in [-0.4, -0.2) is 17.9 Å². The standard InChI is InChI=1S/C18H16O3/c1-14(18(20)16-10-6-3-7-11-16)21-17(19)13-12-15-8-4-2-5-9-15/h2-14H,1H3. The molecule has 0 amide bonds. The van der Waals surface area contributed by atoms with E-state index in [4.69, 9.17) is 4.74 Å². The second kappa shape index (κ2) is 7.20. The largest absolute Gasteiger partial charge is 0.451 e. The van der Waals surface area contributed by atoms with Crippen LogP contribution < -0.4 is 0 Å². The lowest BCUT2D eigenvalue weighted by Gasteiger charge is -2.10. The summed E-state index contributed by atoms with van der Waals surface area (Å²) >= 11 is 0. The molecule has 0 saturated heterocycles. The summed E-state index contributed by atoms with van der Waals surface area (Å²) in [5, 5.41) is 0. The predicted octanol–water partition coefficient (Wildman–Crippen LogP) is 3.51. The molecule has 0 aliphatic rings. The third kappa shape index (κ3) is 4.42. The van der Waals surface area contributed by atoms with Crippen molar-refractivity contribution in [3.63, 3.8) is 0 Å². The number of carbonyl (C=O) groups excluding carboxylic acids is 2. The molecule has 106 valence electrons. The highest BCUT2D eigenvalue weighted by Crippen LogP contribution is 2.07. The van der Waals surface area contributed by atoms with Crippen molar-refractivity contribution in [3.05, 3.63) is 77.9 Å². The molecule has 0 saturated carbocycles. The maximum atomic E-state index is 12.1. The van der Waals surface area contributed by atoms with Crippen LogP contribution in [0.5, 0.6) is 0 Å². The molecule has 21 heavy (non-hydrogen) atoms. The molecule has 0 bridgehead atoms. The zero-order chi connectivity index (χ0) is 15.1. The fourth-order valence-corrected chi connectivity index (χ4v) is 1.83. The SMILES string of the molecule is CC(OC(=O)C=Cc1ccccc1)C(=O)c1ccccc1. The van der Waals surface area contributed by atoms with E-state index in [0.717, 1.165) is 5.56 Å². The van der Waals surface area contributed by atoms with Crippen LogP contribution in [-0.2, 0) is 9.53 Å². The van der Waals surface area contributed by atoms with Gasteiger partial charge < -0.3 is 4.74 Å². The van der Waals surface area contributed by atoms with Crippen molar-refractivity contribution in [2.24, 2.45) is 0 Å². The topological polar surface area (TPSA) is 43.4 Å². The summed E-state index contributed by atoms with van der Waals surface area (Å²) in [6.07, 6.45) is 2.17. The van der Waals surface area contributed by atoms with Crippen LogP contribution >= 0.6 is 0 Å². The van der Waals surface area contributed by atoms with E-state index in [9.17, 15) is 9.59 Å². The molecule has 3 heteroatoms. The van der Waals surface area contributed by atoms with Crippen LogP contribution in [0.4, 0.5) is 0 Å². The Kier molecular flexibility index (Phi) is 5.04. The third-order valence-electron chi connectivity index (χ3n) is 2.93. The van der Waals surface area contributed by atoms with Crippen molar-refractivity contribution in [1.29, 1.82) is 0 Å². The van der Waals surface area contributed by atoms with Gasteiger partial charge in [0.15, 0.2) is 6.10 Å². The Morgan fingerprint density at radius 1 is 0.952 bits per heavy atom. The zero-order valence-electron chi connectivity index (χ0n) is 11.7. The summed E-state index contributed by atoms with van der Waals surface area (Å²) in [4.78, 5) is 23.8. The number of ether oxygens (including phenoxy) is 1. The van der Waals surface area contributed by atoms with Gasteiger partial charge in [0.2, 0.25) is 5.78 Å². The van der Waals surface area contributed by atoms with Gasteiger partial charge in [0, 0.05) is 11.6 Å². The van der Waals surface area contributed by atoms with E-state index >= 15 is 0 Å². The number of hydrogen-bond donors (Lipinski definition) is 0. The maximum Gasteiger partial charge on any atom is 0.331 e. The summed E-state index contributed by atoms with van der Waals surface area (Å²) in [5.74, 6) is -0.743. The van der Waals surface area contributed by atoms with Crippen LogP contribution in [0.1, 0.15) is 22.8 Å². The molecule has 1 unspecified atom stereocenters. The zero-order valence-corrected chi connectivity index (χ0v) is 11.7. The second-order valence-corrected chi connectivity index (χ2v) is 4.55. The average molecular weight is 280 g/mol. The predicted molar refractivity (Wildman–Crippen MR) is 81.8 cm³/mol. The molecule has 0 radical (unpaired) electrons. The van der Waals surface area contributed by atoms with Gasteiger partial charge in [0.05, 0.1) is 0 Å². The van der Waals surface area contributed by atoms with E-state index in [1.807, 2.05) is 36.4 Å². The van der Waals surface area contributed by atoms with Crippen LogP contribution in [0.15, 0.2) is 66.7 Å². The molecule has 0 aliphatic carbocycles. The monoisotopic (exact) mass is 280 g/mol. The summed E-state index contributed by atoms with van der Waals surface area (Å²) in [7, 11) is 0. The molecule has 0 aromatic heterocycles. The van der Waals surface area contributed by atoms with Crippen molar-refractivity contribution >= 4 is 17.8 Å². The Labute approximate surface area is 123 Å². The van der Waals surface area contributed by atoms with E-state index in [-0.39, 0.29) is 5.78 Å². The van der Waals surface area contributed by atoms with E-state index in [2.05, 4.69) is 0 Å². The number of ketones is 1. The fourth-order valence-electron chi connectivity index (χ4n) is 1.83. The summed E-state index contributed by atoms with van der Waals surface area (Å²) in [6.45, 7) is 1.57. The molecule has 0 N–H and O–H groups in total. The highest BCUT2D eigenvalue weighted by Gasteiger charge is 2.17. The molecule has 2 aromatic rings. The minimum Gasteiger partial charge on any atom is -0.451 e. The van der Waals surface area contributed by atoms with Crippen molar-refractivity contribution in [3.8, 4) is 0 Å². The van der Waals surface area contributed by atoms with E-state index in [1.54, 1.807) is 37.3 Å². The molecular formula is C18H16O3. The number of Topliss-reactive ketones (excluding diaryl/α,β-unsaturated/α-hetero) is 1. The van der Waals surface area contributed by atoms with Crippen LogP contribution in [0, 0.1) is 0 Å². The molecule has 2 rings (SSSR count). The Morgan fingerprint density at radius 3 is 2.14 bits per heavy atom. The van der Waals surface area contributed by atoms with Gasteiger partial charge in [0.25, 0.3) is 0 Å². The summed E-state index contributed by atoms with van der Waals surface area (Å²) in [5.41, 5.74) is 1.43. The first kappa shape index (κ1) is 14.7. The number of rotatable bonds is 5. The van der Waals surface area contributed by atoms with Gasteiger partial charge in [-0.3, -0.25) is 4.79 Å². The van der Waals surface area contributed by atoms with Gasteiger partial charge in [0.1, 0.15) is 0 Å². The average Bonchev–Trinajstić information content (AvgIpc) is 2.54. The van der Waals surface area contributed by atoms with Crippen LogP contribution in [0.2, 0.25) is 0 Å². The number of esters is 1. The lowest BCUT2D eigenvalue weighted by molar-refractivity contribution is -0.140. The highest BCUT2D eigenvalue weighted by atomic mass is 16.5. The molecule has 3 nitrogen and oxygen atoms in total. The van der Waals surface area contributed by atoms with E-state index in [1.165, 1.54) is 6.08 Å². The Morgan fingerprint density at radius 2 is 1.52 bits per heavy atom. The van der Waals surface area contributed by atoms with Gasteiger partial charge in [-0.15, -0.1) is 0 Å². The smallest absolute Gasteiger partial charge is 0.331 e. The first-order chi connectivity index (χ1) is 10.2. The van der Waals surface area contributed by atoms with Gasteiger partial charge in [-0.05, 0) is 18.6 Å². The molecule has 0 aliphatic heterocycles. The van der Waals surface area contributed by atoms with Crippen LogP contribution in [0.25, 0.3) is 6.08 Å². The fraction of sp³-hybridized carbons (Fsp3) is 0.111. The van der Waals surface area contributed by atoms with E-state index < -0.39 is 12.1 Å². The third-order valence-corrected chi connectivity index (χ3v) is 2.93.